The highest BCUT2D eigenvalue weighted by atomic mass is 16.5. The van der Waals surface area contributed by atoms with E-state index in [0.29, 0.717) is 26.2 Å². The van der Waals surface area contributed by atoms with Gasteiger partial charge in [0.25, 0.3) is 0 Å². The van der Waals surface area contributed by atoms with Crippen molar-refractivity contribution in [1.29, 1.82) is 0 Å². The van der Waals surface area contributed by atoms with E-state index in [1.165, 1.54) is 0 Å². The summed E-state index contributed by atoms with van der Waals surface area (Å²) in [5.74, 6) is 1.46. The van der Waals surface area contributed by atoms with Gasteiger partial charge in [-0.25, -0.2) is 4.98 Å². The number of ether oxygens (including phenoxy) is 1. The second-order valence-corrected chi connectivity index (χ2v) is 6.34. The van der Waals surface area contributed by atoms with Crippen molar-refractivity contribution in [3.05, 3.63) is 42.4 Å². The normalized spacial score (nSPS) is 16.1. The van der Waals surface area contributed by atoms with Crippen molar-refractivity contribution in [3.63, 3.8) is 0 Å². The highest BCUT2D eigenvalue weighted by Crippen LogP contribution is 2.27. The van der Waals surface area contributed by atoms with Crippen LogP contribution in [0.4, 0.5) is 11.5 Å². The number of rotatable bonds is 0. The van der Waals surface area contributed by atoms with Crippen LogP contribution in [-0.4, -0.2) is 47.5 Å². The van der Waals surface area contributed by atoms with E-state index in [9.17, 15) is 4.79 Å². The molecule has 0 radical (unpaired) electrons. The number of carbonyl (C=O) groups is 1. The Morgan fingerprint density at radius 2 is 2.23 bits per heavy atom. The number of aromatic nitrogens is 3. The molecule has 4 N–H and O–H groups in total. The third kappa shape index (κ3) is 3.45. The summed E-state index contributed by atoms with van der Waals surface area (Å²) in [4.78, 5) is 24.9. The molecular weight excluding hydrogens is 332 g/mol. The molecule has 0 aliphatic carbocycles. The highest BCUT2D eigenvalue weighted by Gasteiger charge is 2.18. The topological polar surface area (TPSA) is 96.4 Å². The monoisotopic (exact) mass is 353 g/mol. The number of fused-ring (bicyclic) bond motifs is 2. The third-order valence-electron chi connectivity index (χ3n) is 4.24. The summed E-state index contributed by atoms with van der Waals surface area (Å²) < 4.78 is 5.72. The molecule has 134 valence electrons. The number of likely N-dealkylation sites (N-methyl/N-ethyl adjacent to an activating group) is 1. The molecule has 4 rings (SSSR count). The summed E-state index contributed by atoms with van der Waals surface area (Å²) in [6.45, 7) is 1.82. The van der Waals surface area contributed by atoms with Crippen LogP contribution >= 0.6 is 0 Å². The Hall–Kier alpha value is -3.13. The zero-order valence-electron chi connectivity index (χ0n) is 14.5. The maximum atomic E-state index is 12.1. The molecule has 8 nitrogen and oxygen atoms in total. The van der Waals surface area contributed by atoms with Crippen molar-refractivity contribution in [2.75, 3.05) is 32.1 Å². The molecule has 1 amide bonds. The molecule has 1 aromatic carbocycles. The van der Waals surface area contributed by atoms with E-state index in [0.717, 1.165) is 33.9 Å². The van der Waals surface area contributed by atoms with Gasteiger partial charge in [0.2, 0.25) is 23.7 Å². The summed E-state index contributed by atoms with van der Waals surface area (Å²) >= 11 is 0. The van der Waals surface area contributed by atoms with E-state index in [1.54, 1.807) is 6.33 Å². The third-order valence-corrected chi connectivity index (χ3v) is 4.24. The molecule has 3 heterocycles. The van der Waals surface area contributed by atoms with Crippen LogP contribution in [0.25, 0.3) is 11.0 Å². The Balaban J connectivity index is 1.75. The minimum atomic E-state index is -0.0254. The van der Waals surface area contributed by atoms with Gasteiger partial charge in [0.1, 0.15) is 17.7 Å². The first-order chi connectivity index (χ1) is 12.7. The second kappa shape index (κ2) is 7.01. The highest BCUT2D eigenvalue weighted by molar-refractivity contribution is 5.90. The lowest BCUT2D eigenvalue weighted by atomic mass is 10.2. The fraction of sp³-hybridized carbons (Fsp3) is 0.278. The zero-order chi connectivity index (χ0) is 17.9. The number of H-pyrrole nitrogens is 2. The van der Waals surface area contributed by atoms with Gasteiger partial charge in [0, 0.05) is 23.9 Å². The predicted molar refractivity (Wildman–Crippen MR) is 97.2 cm³/mol. The molecule has 1 aliphatic rings. The van der Waals surface area contributed by atoms with Gasteiger partial charge in [-0.2, -0.15) is 0 Å². The van der Waals surface area contributed by atoms with Gasteiger partial charge >= 0.3 is 0 Å². The fourth-order valence-electron chi connectivity index (χ4n) is 3.10. The Morgan fingerprint density at radius 3 is 3.15 bits per heavy atom. The van der Waals surface area contributed by atoms with E-state index < -0.39 is 0 Å². The van der Waals surface area contributed by atoms with Gasteiger partial charge in [-0.15, -0.1) is 0 Å². The number of amides is 1. The van der Waals surface area contributed by atoms with Gasteiger partial charge in [-0.1, -0.05) is 11.1 Å². The average molecular weight is 353 g/mol. The number of nitrogens with zero attached hydrogens (tertiary/aromatic N) is 2. The lowest BCUT2D eigenvalue weighted by Crippen LogP contribution is -2.36. The van der Waals surface area contributed by atoms with Crippen LogP contribution in [-0.2, 0) is 11.3 Å². The van der Waals surface area contributed by atoms with Crippen LogP contribution in [0.15, 0.2) is 36.8 Å². The van der Waals surface area contributed by atoms with Crippen molar-refractivity contribution in [2.45, 2.75) is 6.54 Å². The van der Waals surface area contributed by atoms with Crippen LogP contribution in [0.3, 0.4) is 0 Å². The van der Waals surface area contributed by atoms with Crippen LogP contribution < -0.4 is 20.4 Å². The zero-order valence-corrected chi connectivity index (χ0v) is 14.5. The first kappa shape index (κ1) is 16.3. The molecule has 1 aliphatic heterocycles. The van der Waals surface area contributed by atoms with Crippen LogP contribution in [0.1, 0.15) is 5.56 Å². The van der Waals surface area contributed by atoms with Crippen molar-refractivity contribution >= 4 is 28.4 Å². The first-order valence-electron chi connectivity index (χ1n) is 8.51. The lowest BCUT2D eigenvalue weighted by molar-refractivity contribution is -0.352. The Kier molecular flexibility index (Phi) is 4.40. The molecule has 0 saturated heterocycles. The molecule has 2 bridgehead atoms. The molecule has 0 atom stereocenters. The van der Waals surface area contributed by atoms with Gasteiger partial charge in [-0.05, 0) is 19.2 Å². The molecule has 2 aromatic heterocycles. The summed E-state index contributed by atoms with van der Waals surface area (Å²) in [7, 11) is 1.92. The Bertz CT molecular complexity index is 938. The van der Waals surface area contributed by atoms with Crippen molar-refractivity contribution < 1.29 is 14.5 Å². The number of hydrogen-bond donors (Lipinski definition) is 3. The Labute approximate surface area is 150 Å². The van der Waals surface area contributed by atoms with Gasteiger partial charge in [-0.3, -0.25) is 14.7 Å². The Morgan fingerprint density at radius 1 is 1.31 bits per heavy atom. The molecule has 26 heavy (non-hydrogen) atoms. The van der Waals surface area contributed by atoms with E-state index in [-0.39, 0.29) is 5.91 Å². The predicted octanol–water partition coefficient (Wildman–Crippen LogP) is 1.06. The number of benzene rings is 1. The molecule has 0 fully saturated rings. The molecule has 3 aromatic rings. The SMILES string of the molecule is CN1CC(=O)NCCOc2cccc(c2)Nc2nc[nH+]c3[nH]cc(c23)C1. The summed E-state index contributed by atoms with van der Waals surface area (Å²) in [5.41, 5.74) is 2.83. The molecular formula is C18H21N6O2+. The van der Waals surface area contributed by atoms with E-state index >= 15 is 0 Å². The summed E-state index contributed by atoms with van der Waals surface area (Å²) in [5, 5.41) is 7.23. The minimum absolute atomic E-state index is 0.0254. The minimum Gasteiger partial charge on any atom is -0.492 e. The van der Waals surface area contributed by atoms with E-state index in [1.807, 2.05) is 42.4 Å². The van der Waals surface area contributed by atoms with Crippen molar-refractivity contribution in [2.24, 2.45) is 0 Å². The molecule has 8 heteroatoms. The fourth-order valence-corrected chi connectivity index (χ4v) is 3.10. The maximum Gasteiger partial charge on any atom is 0.236 e. The van der Waals surface area contributed by atoms with Crippen molar-refractivity contribution in [1.82, 2.24) is 20.2 Å². The molecule has 0 saturated carbocycles. The standard InChI is InChI=1S/C18H20N6O2/c1-24-9-12-8-20-17-16(12)18(22-11-21-17)23-13-3-2-4-14(7-13)26-6-5-19-15(25)10-24/h2-4,7-8,11H,5-6,9-10H2,1H3,(H,19,25)(H2,20,21,22,23)/p+1. The smallest absolute Gasteiger partial charge is 0.236 e. The number of hydrogen-bond acceptors (Lipinski definition) is 5. The molecule has 0 unspecified atom stereocenters. The van der Waals surface area contributed by atoms with Gasteiger partial charge in [0.15, 0.2) is 0 Å². The van der Waals surface area contributed by atoms with Gasteiger partial charge < -0.3 is 15.4 Å². The van der Waals surface area contributed by atoms with Crippen LogP contribution in [0, 0.1) is 0 Å². The molecule has 0 spiro atoms. The van der Waals surface area contributed by atoms with E-state index in [2.05, 4.69) is 25.6 Å². The van der Waals surface area contributed by atoms with E-state index in [4.69, 9.17) is 4.74 Å². The number of carbonyl (C=O) groups excluding carboxylic acids is 1. The van der Waals surface area contributed by atoms with Crippen LogP contribution in [0.2, 0.25) is 0 Å². The number of nitrogens with one attached hydrogen (secondary N) is 4. The van der Waals surface area contributed by atoms with Crippen molar-refractivity contribution in [3.8, 4) is 5.75 Å². The first-order valence-corrected chi connectivity index (χ1v) is 8.51. The van der Waals surface area contributed by atoms with Crippen LogP contribution in [0.5, 0.6) is 5.75 Å². The second-order valence-electron chi connectivity index (χ2n) is 6.34. The quantitative estimate of drug-likeness (QED) is 0.562. The lowest BCUT2D eigenvalue weighted by Gasteiger charge is -2.15. The largest absolute Gasteiger partial charge is 0.492 e. The summed E-state index contributed by atoms with van der Waals surface area (Å²) in [6.07, 6.45) is 3.59. The van der Waals surface area contributed by atoms with Gasteiger partial charge in [0.05, 0.1) is 19.3 Å². The summed E-state index contributed by atoms with van der Waals surface area (Å²) in [6, 6.07) is 7.70. The average Bonchev–Trinajstić information content (AvgIpc) is 3.02. The number of aromatic amines is 2. The maximum absolute atomic E-state index is 12.1. The number of anilines is 2.